The van der Waals surface area contributed by atoms with Crippen molar-refractivity contribution in [2.45, 2.75) is 0 Å². The number of anilines is 1. The van der Waals surface area contributed by atoms with E-state index in [0.717, 1.165) is 5.56 Å². The van der Waals surface area contributed by atoms with Crippen LogP contribution in [0.2, 0.25) is 0 Å². The number of nitrogens with two attached hydrogens (primary N) is 1. The van der Waals surface area contributed by atoms with Crippen molar-refractivity contribution in [1.82, 2.24) is 14.9 Å². The zero-order valence-electron chi connectivity index (χ0n) is 9.91. The Morgan fingerprint density at radius 3 is 3.00 bits per heavy atom. The van der Waals surface area contributed by atoms with Crippen LogP contribution in [0.4, 0.5) is 5.95 Å². The first-order chi connectivity index (χ1) is 9.11. The number of hydrogen-bond donors (Lipinski definition) is 3. The Bertz CT molecular complexity index is 612. The Kier molecular flexibility index (Phi) is 3.85. The lowest BCUT2D eigenvalue weighted by molar-refractivity contribution is 0.372. The van der Waals surface area contributed by atoms with Gasteiger partial charge in [-0.15, -0.1) is 10.2 Å². The minimum atomic E-state index is 0.0364. The van der Waals surface area contributed by atoms with Crippen LogP contribution in [-0.4, -0.2) is 33.3 Å². The summed E-state index contributed by atoms with van der Waals surface area (Å²) >= 11 is 3.22. The molecule has 0 saturated heterocycles. The molecule has 100 valence electrons. The molecule has 0 bridgehead atoms. The fraction of sp³-hybridized carbons (Fsp3) is 0.100. The molecule has 0 spiro atoms. The van der Waals surface area contributed by atoms with Crippen molar-refractivity contribution in [1.29, 1.82) is 0 Å². The summed E-state index contributed by atoms with van der Waals surface area (Å²) in [6.07, 6.45) is 2.87. The number of nitrogens with one attached hydrogen (secondary N) is 1. The molecule has 0 unspecified atom stereocenters. The number of hydrogen-bond acceptors (Lipinski definition) is 7. The molecule has 0 fully saturated rings. The molecule has 0 aliphatic carbocycles. The van der Waals surface area contributed by atoms with E-state index in [2.05, 4.69) is 36.7 Å². The SMILES string of the molecule is COc1cc(/C=N\Nc2nncn2N)cc(Br)c1O. The van der Waals surface area contributed by atoms with Crippen LogP contribution >= 0.6 is 15.9 Å². The normalized spacial score (nSPS) is 10.8. The van der Waals surface area contributed by atoms with Crippen LogP contribution in [0.5, 0.6) is 11.5 Å². The van der Waals surface area contributed by atoms with Gasteiger partial charge in [-0.2, -0.15) is 5.10 Å². The molecular formula is C10H11BrN6O2. The van der Waals surface area contributed by atoms with Crippen molar-refractivity contribution in [2.75, 3.05) is 18.4 Å². The van der Waals surface area contributed by atoms with E-state index in [0.29, 0.717) is 16.2 Å². The third kappa shape index (κ3) is 2.94. The van der Waals surface area contributed by atoms with Gasteiger partial charge in [-0.25, -0.2) is 10.1 Å². The minimum absolute atomic E-state index is 0.0364. The predicted octanol–water partition coefficient (Wildman–Crippen LogP) is 0.915. The molecule has 1 heterocycles. The van der Waals surface area contributed by atoms with E-state index in [4.69, 9.17) is 10.6 Å². The third-order valence-electron chi connectivity index (χ3n) is 2.22. The number of aromatic hydroxyl groups is 1. The molecule has 0 amide bonds. The Labute approximate surface area is 117 Å². The fourth-order valence-corrected chi connectivity index (χ4v) is 1.77. The van der Waals surface area contributed by atoms with E-state index in [1.807, 2.05) is 0 Å². The Balaban J connectivity index is 2.15. The number of nitrogen functional groups attached to an aromatic ring is 1. The lowest BCUT2D eigenvalue weighted by Crippen LogP contribution is -2.10. The van der Waals surface area contributed by atoms with Gasteiger partial charge in [-0.1, -0.05) is 0 Å². The van der Waals surface area contributed by atoms with E-state index in [9.17, 15) is 5.11 Å². The van der Waals surface area contributed by atoms with E-state index < -0.39 is 0 Å². The molecule has 0 saturated carbocycles. The summed E-state index contributed by atoms with van der Waals surface area (Å²) in [6.45, 7) is 0. The van der Waals surface area contributed by atoms with Crippen molar-refractivity contribution < 1.29 is 9.84 Å². The van der Waals surface area contributed by atoms with Crippen LogP contribution in [0.3, 0.4) is 0 Å². The molecule has 0 aliphatic heterocycles. The standard InChI is InChI=1S/C10H11BrN6O2/c1-19-8-3-6(2-7(11)9(8)18)4-13-15-10-16-14-5-17(10)12/h2-5,18H,12H2,1H3,(H,15,16)/b13-4-. The largest absolute Gasteiger partial charge is 0.503 e. The van der Waals surface area contributed by atoms with E-state index >= 15 is 0 Å². The zero-order valence-corrected chi connectivity index (χ0v) is 11.5. The van der Waals surface area contributed by atoms with Gasteiger partial charge in [0.25, 0.3) is 5.95 Å². The molecule has 1 aromatic heterocycles. The van der Waals surface area contributed by atoms with E-state index in [-0.39, 0.29) is 5.75 Å². The van der Waals surface area contributed by atoms with Gasteiger partial charge in [0, 0.05) is 0 Å². The maximum absolute atomic E-state index is 9.66. The second-order valence-electron chi connectivity index (χ2n) is 3.49. The number of ether oxygens (including phenoxy) is 1. The number of nitrogens with zero attached hydrogens (tertiary/aromatic N) is 4. The third-order valence-corrected chi connectivity index (χ3v) is 2.83. The van der Waals surface area contributed by atoms with Gasteiger partial charge in [0.2, 0.25) is 0 Å². The lowest BCUT2D eigenvalue weighted by atomic mass is 10.2. The number of hydrazone groups is 1. The Hall–Kier alpha value is -2.29. The quantitative estimate of drug-likeness (QED) is 0.437. The highest BCUT2D eigenvalue weighted by atomic mass is 79.9. The van der Waals surface area contributed by atoms with Gasteiger partial charge in [0.15, 0.2) is 11.5 Å². The molecule has 2 aromatic rings. The smallest absolute Gasteiger partial charge is 0.263 e. The first-order valence-electron chi connectivity index (χ1n) is 5.12. The maximum Gasteiger partial charge on any atom is 0.263 e. The molecule has 19 heavy (non-hydrogen) atoms. The first-order valence-corrected chi connectivity index (χ1v) is 5.91. The van der Waals surface area contributed by atoms with Gasteiger partial charge in [0.1, 0.15) is 6.33 Å². The molecule has 0 radical (unpaired) electrons. The summed E-state index contributed by atoms with van der Waals surface area (Å²) in [5.41, 5.74) is 3.35. The van der Waals surface area contributed by atoms with Crippen LogP contribution in [-0.2, 0) is 0 Å². The average Bonchev–Trinajstić information content (AvgIpc) is 2.79. The highest BCUT2D eigenvalue weighted by Gasteiger charge is 2.07. The number of benzene rings is 1. The Morgan fingerprint density at radius 1 is 1.58 bits per heavy atom. The minimum Gasteiger partial charge on any atom is -0.503 e. The monoisotopic (exact) mass is 326 g/mol. The van der Waals surface area contributed by atoms with Crippen LogP contribution in [0, 0.1) is 0 Å². The summed E-state index contributed by atoms with van der Waals surface area (Å²) in [5.74, 6) is 6.19. The first kappa shape index (κ1) is 13.1. The summed E-state index contributed by atoms with van der Waals surface area (Å²) in [5, 5.41) is 20.9. The highest BCUT2D eigenvalue weighted by molar-refractivity contribution is 9.10. The zero-order chi connectivity index (χ0) is 13.8. The summed E-state index contributed by atoms with van der Waals surface area (Å²) in [4.78, 5) is 0. The van der Waals surface area contributed by atoms with Crippen LogP contribution in [0.15, 0.2) is 28.0 Å². The van der Waals surface area contributed by atoms with E-state index in [1.165, 1.54) is 24.3 Å². The van der Waals surface area contributed by atoms with Crippen LogP contribution in [0.1, 0.15) is 5.56 Å². The predicted molar refractivity (Wildman–Crippen MR) is 73.7 cm³/mol. The molecule has 9 heteroatoms. The molecule has 4 N–H and O–H groups in total. The number of aromatic nitrogens is 3. The second kappa shape index (κ2) is 5.57. The number of phenolic OH excluding ortho intramolecular Hbond substituents is 1. The van der Waals surface area contributed by atoms with Gasteiger partial charge in [-0.05, 0) is 33.6 Å². The van der Waals surface area contributed by atoms with Crippen molar-refractivity contribution in [3.63, 3.8) is 0 Å². The summed E-state index contributed by atoms with van der Waals surface area (Å²) < 4.78 is 6.74. The fourth-order valence-electron chi connectivity index (χ4n) is 1.31. The average molecular weight is 327 g/mol. The molecule has 2 rings (SSSR count). The molecular weight excluding hydrogens is 316 g/mol. The molecule has 8 nitrogen and oxygen atoms in total. The van der Waals surface area contributed by atoms with Crippen molar-refractivity contribution in [3.05, 3.63) is 28.5 Å². The summed E-state index contributed by atoms with van der Waals surface area (Å²) in [6, 6.07) is 3.33. The maximum atomic E-state index is 9.66. The van der Waals surface area contributed by atoms with Gasteiger partial charge in [0.05, 0.1) is 17.8 Å². The number of methoxy groups -OCH3 is 1. The van der Waals surface area contributed by atoms with Gasteiger partial charge < -0.3 is 15.7 Å². The van der Waals surface area contributed by atoms with Gasteiger partial charge in [-0.3, -0.25) is 0 Å². The molecule has 0 atom stereocenters. The second-order valence-corrected chi connectivity index (χ2v) is 4.34. The highest BCUT2D eigenvalue weighted by Crippen LogP contribution is 2.34. The number of phenols is 1. The van der Waals surface area contributed by atoms with Gasteiger partial charge >= 0.3 is 0 Å². The van der Waals surface area contributed by atoms with Crippen molar-refractivity contribution in [2.24, 2.45) is 5.10 Å². The number of rotatable bonds is 4. The van der Waals surface area contributed by atoms with Crippen LogP contribution < -0.4 is 16.0 Å². The van der Waals surface area contributed by atoms with Crippen molar-refractivity contribution in [3.8, 4) is 11.5 Å². The topological polar surface area (TPSA) is 111 Å². The Morgan fingerprint density at radius 2 is 2.37 bits per heavy atom. The van der Waals surface area contributed by atoms with Crippen molar-refractivity contribution >= 4 is 28.1 Å². The van der Waals surface area contributed by atoms with E-state index in [1.54, 1.807) is 12.1 Å². The molecule has 0 aliphatic rings. The number of halogens is 1. The molecule has 1 aromatic carbocycles. The summed E-state index contributed by atoms with van der Waals surface area (Å²) in [7, 11) is 1.47. The lowest BCUT2D eigenvalue weighted by Gasteiger charge is -2.06. The van der Waals surface area contributed by atoms with Crippen LogP contribution in [0.25, 0.3) is 0 Å².